The van der Waals surface area contributed by atoms with Crippen LogP contribution in [-0.2, 0) is 14.8 Å². The second-order valence-electron chi connectivity index (χ2n) is 6.72. The third-order valence-electron chi connectivity index (χ3n) is 4.51. The largest absolute Gasteiger partial charge is 0.354 e. The molecule has 0 spiro atoms. The van der Waals surface area contributed by atoms with Crippen LogP contribution >= 0.6 is 0 Å². The highest BCUT2D eigenvalue weighted by atomic mass is 32.2. The van der Waals surface area contributed by atoms with Gasteiger partial charge in [0.25, 0.3) is 0 Å². The van der Waals surface area contributed by atoms with Gasteiger partial charge in [-0.2, -0.15) is 0 Å². The van der Waals surface area contributed by atoms with Crippen molar-refractivity contribution in [2.45, 2.75) is 52.0 Å². The molecule has 0 aromatic heterocycles. The smallest absolute Gasteiger partial charge is 0.243 e. The number of carbonyl (C=O) groups is 1. The number of rotatable bonds is 7. The Kier molecular flexibility index (Phi) is 6.64. The number of hydrogen-bond acceptors (Lipinski definition) is 3. The van der Waals surface area contributed by atoms with Gasteiger partial charge in [-0.1, -0.05) is 29.3 Å². The summed E-state index contributed by atoms with van der Waals surface area (Å²) in [5.74, 6) is -0.276. The maximum atomic E-state index is 12.5. The molecule has 6 heteroatoms. The minimum atomic E-state index is -3.56. The molecule has 0 aliphatic heterocycles. The molecule has 0 fully saturated rings. The van der Waals surface area contributed by atoms with Crippen LogP contribution in [0.3, 0.4) is 0 Å². The maximum Gasteiger partial charge on any atom is 0.243 e. The van der Waals surface area contributed by atoms with Crippen LogP contribution in [-0.4, -0.2) is 33.2 Å². The van der Waals surface area contributed by atoms with Crippen LogP contribution in [0.15, 0.2) is 35.9 Å². The molecule has 1 N–H and O–H groups in total. The van der Waals surface area contributed by atoms with Gasteiger partial charge in [0.05, 0.1) is 11.9 Å². The molecule has 0 bridgehead atoms. The molecular formula is C19H28N2O3S. The quantitative estimate of drug-likeness (QED) is 0.756. The Hall–Kier alpha value is -1.82. The van der Waals surface area contributed by atoms with Crippen LogP contribution in [0.5, 0.6) is 0 Å². The Bertz CT molecular complexity index is 724. The van der Waals surface area contributed by atoms with Gasteiger partial charge in [-0.3, -0.25) is 9.10 Å². The van der Waals surface area contributed by atoms with Crippen molar-refractivity contribution in [3.8, 4) is 0 Å². The Balaban J connectivity index is 2.02. The van der Waals surface area contributed by atoms with E-state index >= 15 is 0 Å². The molecule has 5 nitrogen and oxygen atoms in total. The van der Waals surface area contributed by atoms with Gasteiger partial charge in [0.15, 0.2) is 0 Å². The van der Waals surface area contributed by atoms with E-state index in [1.54, 1.807) is 19.1 Å². The maximum absolute atomic E-state index is 12.5. The highest BCUT2D eigenvalue weighted by molar-refractivity contribution is 7.92. The first-order chi connectivity index (χ1) is 11.8. The zero-order valence-corrected chi connectivity index (χ0v) is 16.1. The molecule has 1 aromatic carbocycles. The van der Waals surface area contributed by atoms with Gasteiger partial charge in [0.2, 0.25) is 15.9 Å². The Morgan fingerprint density at radius 1 is 1.24 bits per heavy atom. The summed E-state index contributed by atoms with van der Waals surface area (Å²) in [5, 5.41) is 2.88. The second-order valence-corrected chi connectivity index (χ2v) is 8.58. The topological polar surface area (TPSA) is 66.5 Å². The van der Waals surface area contributed by atoms with Crippen molar-refractivity contribution in [2.75, 3.05) is 17.1 Å². The summed E-state index contributed by atoms with van der Waals surface area (Å²) in [5.41, 5.74) is 2.93. The molecule has 0 saturated heterocycles. The van der Waals surface area contributed by atoms with E-state index in [0.717, 1.165) is 31.1 Å². The summed E-state index contributed by atoms with van der Waals surface area (Å²) >= 11 is 0. The molecule has 1 aliphatic carbocycles. The number of anilines is 1. The van der Waals surface area contributed by atoms with Crippen LogP contribution in [0.25, 0.3) is 0 Å². The van der Waals surface area contributed by atoms with E-state index in [2.05, 4.69) is 11.4 Å². The fourth-order valence-electron chi connectivity index (χ4n) is 3.13. The summed E-state index contributed by atoms with van der Waals surface area (Å²) in [4.78, 5) is 12.5. The average Bonchev–Trinajstić information content (AvgIpc) is 2.56. The minimum Gasteiger partial charge on any atom is -0.354 e. The van der Waals surface area contributed by atoms with Gasteiger partial charge in [0, 0.05) is 6.54 Å². The summed E-state index contributed by atoms with van der Waals surface area (Å²) in [6.45, 7) is 4.10. The highest BCUT2D eigenvalue weighted by Crippen LogP contribution is 2.22. The molecule has 2 rings (SSSR count). The lowest BCUT2D eigenvalue weighted by Gasteiger charge is -2.28. The fourth-order valence-corrected chi connectivity index (χ4v) is 4.30. The van der Waals surface area contributed by atoms with E-state index in [4.69, 9.17) is 0 Å². The minimum absolute atomic E-state index is 0.276. The van der Waals surface area contributed by atoms with E-state index in [0.29, 0.717) is 12.2 Å². The molecule has 1 aromatic rings. The first-order valence-corrected chi connectivity index (χ1v) is 10.7. The molecule has 0 heterocycles. The number of allylic oxidation sites excluding steroid dienone is 1. The number of aryl methyl sites for hydroxylation is 1. The van der Waals surface area contributed by atoms with E-state index in [1.165, 1.54) is 22.7 Å². The summed E-state index contributed by atoms with van der Waals surface area (Å²) in [6, 6.07) is 6.35. The number of nitrogens with one attached hydrogen (secondary N) is 1. The SMILES string of the molecule is Cc1ccc(N([C@@H](C)C(=O)NCCC2=CCCCC2)S(C)(=O)=O)cc1. The van der Waals surface area contributed by atoms with E-state index in [1.807, 2.05) is 19.1 Å². The molecule has 1 amide bonds. The third-order valence-corrected chi connectivity index (χ3v) is 5.75. The molecule has 1 atom stereocenters. The van der Waals surface area contributed by atoms with Gasteiger partial charge in [-0.15, -0.1) is 0 Å². The van der Waals surface area contributed by atoms with Crippen LogP contribution in [0, 0.1) is 6.92 Å². The summed E-state index contributed by atoms with van der Waals surface area (Å²) in [7, 11) is -3.56. The third kappa shape index (κ3) is 5.59. The average molecular weight is 365 g/mol. The predicted molar refractivity (Wildman–Crippen MR) is 102 cm³/mol. The molecule has 1 aliphatic rings. The number of hydrogen-bond donors (Lipinski definition) is 1. The molecule has 0 radical (unpaired) electrons. The first-order valence-electron chi connectivity index (χ1n) is 8.81. The number of sulfonamides is 1. The lowest BCUT2D eigenvalue weighted by molar-refractivity contribution is -0.121. The Labute approximate surface area is 151 Å². The van der Waals surface area contributed by atoms with Crippen molar-refractivity contribution in [3.05, 3.63) is 41.5 Å². The molecule has 138 valence electrons. The second kappa shape index (κ2) is 8.52. The zero-order valence-electron chi connectivity index (χ0n) is 15.3. The van der Waals surface area contributed by atoms with Gasteiger partial charge in [-0.25, -0.2) is 8.42 Å². The van der Waals surface area contributed by atoms with Gasteiger partial charge < -0.3 is 5.32 Å². The van der Waals surface area contributed by atoms with Gasteiger partial charge in [0.1, 0.15) is 6.04 Å². The van der Waals surface area contributed by atoms with Crippen molar-refractivity contribution in [3.63, 3.8) is 0 Å². The zero-order chi connectivity index (χ0) is 18.4. The normalized spacial score (nSPS) is 16.0. The Morgan fingerprint density at radius 3 is 2.48 bits per heavy atom. The molecular weight excluding hydrogens is 336 g/mol. The summed E-state index contributed by atoms with van der Waals surface area (Å²) in [6.07, 6.45) is 8.90. The standard InChI is InChI=1S/C19H28N2O3S/c1-15-9-11-18(12-10-15)21(25(3,23)24)16(2)19(22)20-14-13-17-7-5-4-6-8-17/h7,9-12,16H,4-6,8,13-14H2,1-3H3,(H,20,22)/t16-/m0/s1. The monoisotopic (exact) mass is 364 g/mol. The van der Waals surface area contributed by atoms with Gasteiger partial charge >= 0.3 is 0 Å². The van der Waals surface area contributed by atoms with Crippen molar-refractivity contribution in [1.82, 2.24) is 5.32 Å². The Morgan fingerprint density at radius 2 is 1.92 bits per heavy atom. The summed E-state index contributed by atoms with van der Waals surface area (Å²) < 4.78 is 25.6. The van der Waals surface area contributed by atoms with Crippen LogP contribution in [0.1, 0.15) is 44.6 Å². The van der Waals surface area contributed by atoms with Crippen LogP contribution in [0.2, 0.25) is 0 Å². The first kappa shape index (κ1) is 19.5. The molecule has 25 heavy (non-hydrogen) atoms. The lowest BCUT2D eigenvalue weighted by Crippen LogP contribution is -2.48. The van der Waals surface area contributed by atoms with Gasteiger partial charge in [-0.05, 0) is 58.1 Å². The predicted octanol–water partition coefficient (Wildman–Crippen LogP) is 3.16. The van der Waals surface area contributed by atoms with E-state index in [-0.39, 0.29) is 5.91 Å². The molecule has 0 unspecified atom stereocenters. The van der Waals surface area contributed by atoms with Crippen molar-refractivity contribution in [1.29, 1.82) is 0 Å². The number of carbonyl (C=O) groups excluding carboxylic acids is 1. The highest BCUT2D eigenvalue weighted by Gasteiger charge is 2.28. The van der Waals surface area contributed by atoms with Crippen molar-refractivity contribution in [2.24, 2.45) is 0 Å². The van der Waals surface area contributed by atoms with E-state index < -0.39 is 16.1 Å². The number of nitrogens with zero attached hydrogens (tertiary/aromatic N) is 1. The lowest BCUT2D eigenvalue weighted by atomic mass is 9.97. The van der Waals surface area contributed by atoms with Crippen molar-refractivity contribution < 1.29 is 13.2 Å². The van der Waals surface area contributed by atoms with Crippen LogP contribution in [0.4, 0.5) is 5.69 Å². The number of amides is 1. The van der Waals surface area contributed by atoms with E-state index in [9.17, 15) is 13.2 Å². The fraction of sp³-hybridized carbons (Fsp3) is 0.526. The van der Waals surface area contributed by atoms with Crippen molar-refractivity contribution >= 4 is 21.6 Å². The molecule has 0 saturated carbocycles. The van der Waals surface area contributed by atoms with Crippen LogP contribution < -0.4 is 9.62 Å². The number of benzene rings is 1.